The second-order valence-corrected chi connectivity index (χ2v) is 6.47. The van der Waals surface area contributed by atoms with Crippen LogP contribution in [0, 0.1) is 5.92 Å². The average Bonchev–Trinajstić information content (AvgIpc) is 2.41. The molecule has 0 aromatic heterocycles. The molecule has 0 aliphatic carbocycles. The highest BCUT2D eigenvalue weighted by Gasteiger charge is 2.23. The van der Waals surface area contributed by atoms with Crippen LogP contribution < -0.4 is 10.6 Å². The highest BCUT2D eigenvalue weighted by Crippen LogP contribution is 2.12. The number of carbonyl (C=O) groups is 1. The Kier molecular flexibility index (Phi) is 6.26. The van der Waals surface area contributed by atoms with Crippen molar-refractivity contribution >= 4 is 5.91 Å². The zero-order valence-electron chi connectivity index (χ0n) is 12.9. The van der Waals surface area contributed by atoms with E-state index < -0.39 is 0 Å². The third-order valence-electron chi connectivity index (χ3n) is 4.01. The van der Waals surface area contributed by atoms with Crippen molar-refractivity contribution in [2.45, 2.75) is 45.2 Å². The van der Waals surface area contributed by atoms with Gasteiger partial charge in [0.25, 0.3) is 0 Å². The van der Waals surface area contributed by atoms with Crippen LogP contribution in [0.3, 0.4) is 0 Å². The molecule has 1 unspecified atom stereocenters. The highest BCUT2D eigenvalue weighted by atomic mass is 16.5. The Morgan fingerprint density at radius 1 is 1.40 bits per heavy atom. The Labute approximate surface area is 122 Å². The molecule has 1 amide bonds. The summed E-state index contributed by atoms with van der Waals surface area (Å²) < 4.78 is 5.37. The topological polar surface area (TPSA) is 53.6 Å². The molecule has 5 nitrogen and oxygen atoms in total. The normalized spacial score (nSPS) is 25.9. The second-order valence-electron chi connectivity index (χ2n) is 6.47. The summed E-state index contributed by atoms with van der Waals surface area (Å²) in [4.78, 5) is 14.5. The van der Waals surface area contributed by atoms with Crippen molar-refractivity contribution in [1.82, 2.24) is 15.5 Å². The molecule has 0 aromatic rings. The zero-order chi connectivity index (χ0) is 14.4. The van der Waals surface area contributed by atoms with Crippen molar-refractivity contribution in [3.63, 3.8) is 0 Å². The Morgan fingerprint density at radius 3 is 2.75 bits per heavy atom. The van der Waals surface area contributed by atoms with Crippen LogP contribution >= 0.6 is 0 Å². The number of rotatable bonds is 5. The van der Waals surface area contributed by atoms with Crippen LogP contribution in [0.1, 0.15) is 33.1 Å². The molecule has 2 heterocycles. The molecule has 20 heavy (non-hydrogen) atoms. The first-order chi connectivity index (χ1) is 9.63. The van der Waals surface area contributed by atoms with Crippen LogP contribution in [0.15, 0.2) is 0 Å². The third kappa shape index (κ3) is 5.38. The fourth-order valence-electron chi connectivity index (χ4n) is 3.04. The second kappa shape index (κ2) is 7.96. The number of ether oxygens (including phenoxy) is 1. The van der Waals surface area contributed by atoms with E-state index in [9.17, 15) is 4.79 Å². The van der Waals surface area contributed by atoms with Gasteiger partial charge in [-0.2, -0.15) is 0 Å². The number of amides is 1. The average molecular weight is 283 g/mol. The summed E-state index contributed by atoms with van der Waals surface area (Å²) >= 11 is 0. The molecular weight excluding hydrogens is 254 g/mol. The van der Waals surface area contributed by atoms with Gasteiger partial charge < -0.3 is 20.3 Å². The SMILES string of the molecule is CC(C)CN1CCC(NC(=O)CC2COCCN2)CC1. The van der Waals surface area contributed by atoms with Crippen molar-refractivity contribution in [1.29, 1.82) is 0 Å². The molecule has 0 aromatic carbocycles. The Hall–Kier alpha value is -0.650. The van der Waals surface area contributed by atoms with Crippen molar-refractivity contribution in [2.75, 3.05) is 39.4 Å². The fraction of sp³-hybridized carbons (Fsp3) is 0.933. The number of nitrogens with one attached hydrogen (secondary N) is 2. The van der Waals surface area contributed by atoms with Gasteiger partial charge in [0.15, 0.2) is 0 Å². The summed E-state index contributed by atoms with van der Waals surface area (Å²) in [6, 6.07) is 0.542. The van der Waals surface area contributed by atoms with E-state index in [1.54, 1.807) is 0 Å². The van der Waals surface area contributed by atoms with Crippen LogP contribution in [0.5, 0.6) is 0 Å². The van der Waals surface area contributed by atoms with Gasteiger partial charge in [-0.15, -0.1) is 0 Å². The molecule has 0 spiro atoms. The van der Waals surface area contributed by atoms with Crippen molar-refractivity contribution in [3.05, 3.63) is 0 Å². The summed E-state index contributed by atoms with van der Waals surface area (Å²) in [6.45, 7) is 10.2. The lowest BCUT2D eigenvalue weighted by molar-refractivity contribution is -0.123. The van der Waals surface area contributed by atoms with Crippen LogP contribution in [0.2, 0.25) is 0 Å². The van der Waals surface area contributed by atoms with Gasteiger partial charge in [0.2, 0.25) is 5.91 Å². The number of morpholine rings is 1. The van der Waals surface area contributed by atoms with Crippen molar-refractivity contribution < 1.29 is 9.53 Å². The smallest absolute Gasteiger partial charge is 0.221 e. The van der Waals surface area contributed by atoms with Gasteiger partial charge in [0, 0.05) is 44.7 Å². The van der Waals surface area contributed by atoms with Crippen molar-refractivity contribution in [2.24, 2.45) is 5.92 Å². The first-order valence-electron chi connectivity index (χ1n) is 7.96. The van der Waals surface area contributed by atoms with Gasteiger partial charge in [0.1, 0.15) is 0 Å². The van der Waals surface area contributed by atoms with Gasteiger partial charge in [0.05, 0.1) is 13.2 Å². The van der Waals surface area contributed by atoms with Crippen LogP contribution in [-0.4, -0.2) is 62.3 Å². The van der Waals surface area contributed by atoms with E-state index in [0.29, 0.717) is 19.1 Å². The fourth-order valence-corrected chi connectivity index (χ4v) is 3.04. The van der Waals surface area contributed by atoms with E-state index in [1.165, 1.54) is 6.54 Å². The predicted octanol–water partition coefficient (Wildman–Crippen LogP) is 0.602. The highest BCUT2D eigenvalue weighted by molar-refractivity contribution is 5.76. The van der Waals surface area contributed by atoms with E-state index in [1.807, 2.05) is 0 Å². The number of hydrogen-bond donors (Lipinski definition) is 2. The van der Waals surface area contributed by atoms with Gasteiger partial charge in [-0.25, -0.2) is 0 Å². The summed E-state index contributed by atoms with van der Waals surface area (Å²) in [5, 5.41) is 6.50. The molecule has 2 N–H and O–H groups in total. The van der Waals surface area contributed by atoms with Gasteiger partial charge in [-0.05, 0) is 18.8 Å². The molecule has 5 heteroatoms. The van der Waals surface area contributed by atoms with Crippen LogP contribution in [0.4, 0.5) is 0 Å². The molecule has 2 aliphatic heterocycles. The number of piperidine rings is 1. The minimum absolute atomic E-state index is 0.162. The van der Waals surface area contributed by atoms with Crippen LogP contribution in [-0.2, 0) is 9.53 Å². The maximum atomic E-state index is 12.0. The zero-order valence-corrected chi connectivity index (χ0v) is 12.9. The van der Waals surface area contributed by atoms with Gasteiger partial charge in [-0.3, -0.25) is 4.79 Å². The summed E-state index contributed by atoms with van der Waals surface area (Å²) in [6.07, 6.45) is 2.69. The van der Waals surface area contributed by atoms with E-state index in [-0.39, 0.29) is 11.9 Å². The number of likely N-dealkylation sites (tertiary alicyclic amines) is 1. The number of carbonyl (C=O) groups excluding carboxylic acids is 1. The third-order valence-corrected chi connectivity index (χ3v) is 4.01. The lowest BCUT2D eigenvalue weighted by atomic mass is 10.0. The largest absolute Gasteiger partial charge is 0.378 e. The van der Waals surface area contributed by atoms with E-state index in [4.69, 9.17) is 4.74 Å². The Morgan fingerprint density at radius 2 is 2.15 bits per heavy atom. The predicted molar refractivity (Wildman–Crippen MR) is 79.7 cm³/mol. The maximum absolute atomic E-state index is 12.0. The van der Waals surface area contributed by atoms with E-state index in [2.05, 4.69) is 29.4 Å². The Balaban J connectivity index is 1.63. The van der Waals surface area contributed by atoms with Crippen molar-refractivity contribution in [3.8, 4) is 0 Å². The first-order valence-corrected chi connectivity index (χ1v) is 7.96. The molecule has 1 atom stereocenters. The molecule has 0 saturated carbocycles. The summed E-state index contributed by atoms with van der Waals surface area (Å²) in [5.74, 6) is 0.883. The van der Waals surface area contributed by atoms with Gasteiger partial charge in [-0.1, -0.05) is 13.8 Å². The maximum Gasteiger partial charge on any atom is 0.221 e. The molecule has 2 saturated heterocycles. The summed E-state index contributed by atoms with van der Waals surface area (Å²) in [7, 11) is 0. The van der Waals surface area contributed by atoms with E-state index in [0.717, 1.165) is 45.0 Å². The van der Waals surface area contributed by atoms with Crippen LogP contribution in [0.25, 0.3) is 0 Å². The Bertz CT molecular complexity index is 295. The van der Waals surface area contributed by atoms with Gasteiger partial charge >= 0.3 is 0 Å². The quantitative estimate of drug-likeness (QED) is 0.776. The summed E-state index contributed by atoms with van der Waals surface area (Å²) in [5.41, 5.74) is 0. The lowest BCUT2D eigenvalue weighted by Gasteiger charge is -2.33. The molecule has 2 rings (SSSR count). The minimum atomic E-state index is 0.162. The number of nitrogens with zero attached hydrogens (tertiary/aromatic N) is 1. The molecule has 2 fully saturated rings. The molecule has 0 radical (unpaired) electrons. The molecule has 2 aliphatic rings. The number of hydrogen-bond acceptors (Lipinski definition) is 4. The molecular formula is C15H29N3O2. The standard InChI is InChI=1S/C15H29N3O2/c1-12(2)10-18-6-3-13(4-7-18)17-15(19)9-14-11-20-8-5-16-14/h12-14,16H,3-11H2,1-2H3,(H,17,19). The molecule has 0 bridgehead atoms. The lowest BCUT2D eigenvalue weighted by Crippen LogP contribution is -2.48. The van der Waals surface area contributed by atoms with E-state index >= 15 is 0 Å². The molecule has 116 valence electrons. The monoisotopic (exact) mass is 283 g/mol. The minimum Gasteiger partial charge on any atom is -0.378 e. The first kappa shape index (κ1) is 15.7.